The van der Waals surface area contributed by atoms with Crippen LogP contribution in [0.4, 0.5) is 5.69 Å². The van der Waals surface area contributed by atoms with Crippen LogP contribution in [-0.2, 0) is 19.6 Å². The number of aryl methyl sites for hydroxylation is 1. The highest BCUT2D eigenvalue weighted by atomic mass is 32.2. The van der Waals surface area contributed by atoms with Gasteiger partial charge in [-0.2, -0.15) is 4.31 Å². The number of likely N-dealkylation sites (tertiary alicyclic amines) is 1. The van der Waals surface area contributed by atoms with Crippen molar-refractivity contribution in [3.63, 3.8) is 0 Å². The third-order valence-electron chi connectivity index (χ3n) is 6.68. The molecule has 2 aliphatic heterocycles. The van der Waals surface area contributed by atoms with Crippen molar-refractivity contribution in [1.29, 1.82) is 0 Å². The first-order valence-electron chi connectivity index (χ1n) is 11.6. The molecule has 176 valence electrons. The molecular weight excluding hydrogens is 438 g/mol. The maximum Gasteiger partial charge on any atom is 0.243 e. The van der Waals surface area contributed by atoms with E-state index < -0.39 is 10.0 Å². The summed E-state index contributed by atoms with van der Waals surface area (Å²) in [5, 5.41) is 2.95. The minimum absolute atomic E-state index is 0.00270. The Kier molecular flexibility index (Phi) is 7.14. The van der Waals surface area contributed by atoms with Crippen LogP contribution in [0, 0.1) is 18.8 Å². The minimum Gasteiger partial charge on any atom is -0.342 e. The molecule has 0 spiro atoms. The molecule has 7 nitrogen and oxygen atoms in total. The highest BCUT2D eigenvalue weighted by Gasteiger charge is 2.35. The molecule has 8 heteroatoms. The van der Waals surface area contributed by atoms with Gasteiger partial charge in [0.2, 0.25) is 21.8 Å². The van der Waals surface area contributed by atoms with Gasteiger partial charge in [-0.15, -0.1) is 0 Å². The molecule has 1 N–H and O–H groups in total. The van der Waals surface area contributed by atoms with Crippen molar-refractivity contribution in [3.05, 3.63) is 60.2 Å². The van der Waals surface area contributed by atoms with Gasteiger partial charge in [-0.1, -0.05) is 35.9 Å². The molecule has 0 aromatic heterocycles. The number of rotatable bonds is 5. The Morgan fingerprint density at radius 3 is 2.00 bits per heavy atom. The second-order valence-electron chi connectivity index (χ2n) is 8.95. The summed E-state index contributed by atoms with van der Waals surface area (Å²) < 4.78 is 27.3. The van der Waals surface area contributed by atoms with Crippen molar-refractivity contribution >= 4 is 27.5 Å². The summed E-state index contributed by atoms with van der Waals surface area (Å²) in [6, 6.07) is 16.3. The molecule has 0 unspecified atom stereocenters. The molecule has 0 bridgehead atoms. The molecule has 0 aliphatic carbocycles. The molecule has 2 heterocycles. The largest absolute Gasteiger partial charge is 0.342 e. The van der Waals surface area contributed by atoms with Crippen molar-refractivity contribution in [1.82, 2.24) is 9.21 Å². The van der Waals surface area contributed by atoms with Gasteiger partial charge in [0.15, 0.2) is 0 Å². The third-order valence-corrected chi connectivity index (χ3v) is 8.59. The zero-order chi connectivity index (χ0) is 23.4. The number of para-hydroxylation sites is 1. The fourth-order valence-electron chi connectivity index (χ4n) is 4.59. The molecule has 2 aromatic carbocycles. The molecule has 33 heavy (non-hydrogen) atoms. The van der Waals surface area contributed by atoms with E-state index in [1.165, 1.54) is 4.31 Å². The fourth-order valence-corrected chi connectivity index (χ4v) is 6.06. The van der Waals surface area contributed by atoms with Crippen LogP contribution < -0.4 is 5.32 Å². The van der Waals surface area contributed by atoms with Crippen LogP contribution in [0.3, 0.4) is 0 Å². The van der Waals surface area contributed by atoms with Gasteiger partial charge in [-0.25, -0.2) is 8.42 Å². The summed E-state index contributed by atoms with van der Waals surface area (Å²) in [6.07, 6.45) is 2.34. The van der Waals surface area contributed by atoms with E-state index in [1.807, 2.05) is 42.2 Å². The standard InChI is InChI=1S/C25H31N3O4S/c1-19-7-9-23(10-8-19)33(31,32)28-17-13-21(14-18-28)25(30)27-15-11-20(12-16-27)24(29)26-22-5-3-2-4-6-22/h2-10,20-21H,11-18H2,1H3,(H,26,29). The Morgan fingerprint density at radius 1 is 0.818 bits per heavy atom. The molecular formula is C25H31N3O4S. The van der Waals surface area contributed by atoms with Crippen molar-refractivity contribution < 1.29 is 18.0 Å². The lowest BCUT2D eigenvalue weighted by Gasteiger charge is -2.36. The quantitative estimate of drug-likeness (QED) is 0.728. The van der Waals surface area contributed by atoms with Crippen LogP contribution in [0.1, 0.15) is 31.2 Å². The Labute approximate surface area is 195 Å². The molecule has 4 rings (SSSR count). The van der Waals surface area contributed by atoms with E-state index >= 15 is 0 Å². The number of hydrogen-bond donors (Lipinski definition) is 1. The summed E-state index contributed by atoms with van der Waals surface area (Å²) in [6.45, 7) is 3.75. The van der Waals surface area contributed by atoms with Crippen LogP contribution in [-0.4, -0.2) is 55.6 Å². The van der Waals surface area contributed by atoms with Crippen LogP contribution in [0.25, 0.3) is 0 Å². The molecule has 0 radical (unpaired) electrons. The fraction of sp³-hybridized carbons (Fsp3) is 0.440. The number of hydrogen-bond acceptors (Lipinski definition) is 4. The first-order chi connectivity index (χ1) is 15.8. The van der Waals surface area contributed by atoms with Crippen molar-refractivity contribution in [2.24, 2.45) is 11.8 Å². The summed E-state index contributed by atoms with van der Waals surface area (Å²) in [7, 11) is -3.53. The number of anilines is 1. The van der Waals surface area contributed by atoms with Gasteiger partial charge in [0.25, 0.3) is 0 Å². The van der Waals surface area contributed by atoms with Gasteiger partial charge < -0.3 is 10.2 Å². The predicted octanol–water partition coefficient (Wildman–Crippen LogP) is 3.27. The second kappa shape index (κ2) is 10.1. The van der Waals surface area contributed by atoms with E-state index in [0.717, 1.165) is 11.3 Å². The molecule has 2 amide bonds. The van der Waals surface area contributed by atoms with Gasteiger partial charge in [-0.3, -0.25) is 9.59 Å². The lowest BCUT2D eigenvalue weighted by molar-refractivity contribution is -0.139. The normalized spacial score (nSPS) is 18.8. The zero-order valence-corrected chi connectivity index (χ0v) is 19.8. The van der Waals surface area contributed by atoms with Crippen molar-refractivity contribution in [2.45, 2.75) is 37.5 Å². The molecule has 0 saturated carbocycles. The lowest BCUT2D eigenvalue weighted by Crippen LogP contribution is -2.47. The lowest BCUT2D eigenvalue weighted by atomic mass is 9.92. The smallest absolute Gasteiger partial charge is 0.243 e. The summed E-state index contributed by atoms with van der Waals surface area (Å²) >= 11 is 0. The number of nitrogens with one attached hydrogen (secondary N) is 1. The molecule has 2 fully saturated rings. The van der Waals surface area contributed by atoms with Gasteiger partial charge in [-0.05, 0) is 56.9 Å². The SMILES string of the molecule is Cc1ccc(S(=O)(=O)N2CCC(C(=O)N3CCC(C(=O)Nc4ccccc4)CC3)CC2)cc1. The van der Waals surface area contributed by atoms with E-state index in [2.05, 4.69) is 5.32 Å². The van der Waals surface area contributed by atoms with Gasteiger partial charge in [0.05, 0.1) is 4.90 Å². The predicted molar refractivity (Wildman–Crippen MR) is 127 cm³/mol. The zero-order valence-electron chi connectivity index (χ0n) is 18.9. The van der Waals surface area contributed by atoms with Crippen molar-refractivity contribution in [2.75, 3.05) is 31.5 Å². The van der Waals surface area contributed by atoms with Crippen LogP contribution in [0.5, 0.6) is 0 Å². The Balaban J connectivity index is 1.26. The highest BCUT2D eigenvalue weighted by molar-refractivity contribution is 7.89. The van der Waals surface area contributed by atoms with E-state index in [1.54, 1.807) is 24.3 Å². The molecule has 2 saturated heterocycles. The molecule has 2 aliphatic rings. The molecule has 0 atom stereocenters. The van der Waals surface area contributed by atoms with E-state index in [4.69, 9.17) is 0 Å². The van der Waals surface area contributed by atoms with E-state index in [-0.39, 0.29) is 23.7 Å². The number of amides is 2. The van der Waals surface area contributed by atoms with Crippen molar-refractivity contribution in [3.8, 4) is 0 Å². The highest BCUT2D eigenvalue weighted by Crippen LogP contribution is 2.27. The Hall–Kier alpha value is -2.71. The number of piperidine rings is 2. The average molecular weight is 470 g/mol. The number of carbonyl (C=O) groups is 2. The number of nitrogens with zero attached hydrogens (tertiary/aromatic N) is 2. The maximum absolute atomic E-state index is 13.0. The monoisotopic (exact) mass is 469 g/mol. The number of carbonyl (C=O) groups excluding carboxylic acids is 2. The average Bonchev–Trinajstić information content (AvgIpc) is 2.84. The molecule has 2 aromatic rings. The van der Waals surface area contributed by atoms with E-state index in [0.29, 0.717) is 56.8 Å². The second-order valence-corrected chi connectivity index (χ2v) is 10.9. The van der Waals surface area contributed by atoms with Gasteiger partial charge >= 0.3 is 0 Å². The number of benzene rings is 2. The third kappa shape index (κ3) is 5.45. The minimum atomic E-state index is -3.53. The summed E-state index contributed by atoms with van der Waals surface area (Å²) in [5.74, 6) is -0.174. The topological polar surface area (TPSA) is 86.8 Å². The maximum atomic E-state index is 13.0. The van der Waals surface area contributed by atoms with Crippen LogP contribution in [0.2, 0.25) is 0 Å². The van der Waals surface area contributed by atoms with E-state index in [9.17, 15) is 18.0 Å². The summed E-state index contributed by atoms with van der Waals surface area (Å²) in [5.41, 5.74) is 1.80. The van der Waals surface area contributed by atoms with Gasteiger partial charge in [0.1, 0.15) is 0 Å². The summed E-state index contributed by atoms with van der Waals surface area (Å²) in [4.78, 5) is 27.7. The van der Waals surface area contributed by atoms with Crippen LogP contribution >= 0.6 is 0 Å². The van der Waals surface area contributed by atoms with Gasteiger partial charge in [0, 0.05) is 43.7 Å². The Bertz CT molecular complexity index is 1070. The number of sulfonamides is 1. The van der Waals surface area contributed by atoms with Crippen LogP contribution in [0.15, 0.2) is 59.5 Å². The Morgan fingerprint density at radius 2 is 1.39 bits per heavy atom. The first-order valence-corrected chi connectivity index (χ1v) is 13.0. The first kappa shape index (κ1) is 23.4.